The predicted octanol–water partition coefficient (Wildman–Crippen LogP) is 2.84. The van der Waals surface area contributed by atoms with Gasteiger partial charge in [-0.05, 0) is 0 Å². The number of carbonyl (C=O) groups excluding carboxylic acids is 1. The van der Waals surface area contributed by atoms with Crippen LogP contribution in [0.5, 0.6) is 0 Å². The van der Waals surface area contributed by atoms with Crippen molar-refractivity contribution in [1.82, 2.24) is 4.98 Å². The molecule has 0 aliphatic rings. The van der Waals surface area contributed by atoms with Crippen LogP contribution in [0.15, 0.2) is 6.20 Å². The number of aromatic nitrogens is 1. The van der Waals surface area contributed by atoms with E-state index in [0.29, 0.717) is 6.20 Å². The van der Waals surface area contributed by atoms with Crippen molar-refractivity contribution >= 4 is 21.9 Å². The predicted molar refractivity (Wildman–Crippen MR) is 53.1 cm³/mol. The largest absolute Gasteiger partial charge is 0.464 e. The Labute approximate surface area is 97.8 Å². The second-order valence-corrected chi connectivity index (χ2v) is 3.34. The Morgan fingerprint density at radius 1 is 1.62 bits per heavy atom. The lowest BCUT2D eigenvalue weighted by Crippen LogP contribution is -2.11. The third-order valence-electron chi connectivity index (χ3n) is 1.88. The molecule has 7 heteroatoms. The zero-order chi connectivity index (χ0) is 12.3. The van der Waals surface area contributed by atoms with Crippen LogP contribution >= 0.6 is 15.9 Å². The standard InChI is InChI=1S/C9H7BrF3NO2/c1-16-9(15)7-4(2-10)6(11)5(3-14-7)8(12)13/h3,8H,2H2,1H3. The van der Waals surface area contributed by atoms with Crippen molar-refractivity contribution in [3.05, 3.63) is 28.8 Å². The summed E-state index contributed by atoms with van der Waals surface area (Å²) in [4.78, 5) is 14.6. The lowest BCUT2D eigenvalue weighted by atomic mass is 10.1. The van der Waals surface area contributed by atoms with Crippen molar-refractivity contribution in [2.24, 2.45) is 0 Å². The van der Waals surface area contributed by atoms with Crippen LogP contribution in [-0.4, -0.2) is 18.1 Å². The molecule has 0 radical (unpaired) electrons. The number of hydrogen-bond acceptors (Lipinski definition) is 3. The Morgan fingerprint density at radius 3 is 2.69 bits per heavy atom. The monoisotopic (exact) mass is 297 g/mol. The second-order valence-electron chi connectivity index (χ2n) is 2.78. The lowest BCUT2D eigenvalue weighted by molar-refractivity contribution is 0.0591. The van der Waals surface area contributed by atoms with Gasteiger partial charge in [-0.2, -0.15) is 0 Å². The number of nitrogens with zero attached hydrogens (tertiary/aromatic N) is 1. The fourth-order valence-electron chi connectivity index (χ4n) is 1.09. The summed E-state index contributed by atoms with van der Waals surface area (Å²) in [6.45, 7) is 0. The molecule has 0 saturated carbocycles. The van der Waals surface area contributed by atoms with Crippen LogP contribution in [0.4, 0.5) is 13.2 Å². The molecule has 88 valence electrons. The fraction of sp³-hybridized carbons (Fsp3) is 0.333. The molecule has 1 rings (SSSR count). The van der Waals surface area contributed by atoms with Crippen LogP contribution in [0, 0.1) is 5.82 Å². The highest BCUT2D eigenvalue weighted by molar-refractivity contribution is 9.08. The SMILES string of the molecule is COC(=O)c1ncc(C(F)F)c(F)c1CBr. The summed E-state index contributed by atoms with van der Waals surface area (Å²) in [5.41, 5.74) is -1.37. The summed E-state index contributed by atoms with van der Waals surface area (Å²) < 4.78 is 42.6. The average molecular weight is 298 g/mol. The normalized spacial score (nSPS) is 10.6. The van der Waals surface area contributed by atoms with Gasteiger partial charge in [-0.3, -0.25) is 0 Å². The highest BCUT2D eigenvalue weighted by Crippen LogP contribution is 2.26. The van der Waals surface area contributed by atoms with E-state index >= 15 is 0 Å². The molecule has 16 heavy (non-hydrogen) atoms. The number of esters is 1. The number of hydrogen-bond donors (Lipinski definition) is 0. The molecule has 0 spiro atoms. The number of pyridine rings is 1. The molecule has 0 fully saturated rings. The summed E-state index contributed by atoms with van der Waals surface area (Å²) >= 11 is 2.91. The summed E-state index contributed by atoms with van der Waals surface area (Å²) in [5, 5.41) is -0.100. The smallest absolute Gasteiger partial charge is 0.357 e. The van der Waals surface area contributed by atoms with E-state index in [4.69, 9.17) is 0 Å². The van der Waals surface area contributed by atoms with Crippen LogP contribution in [0.25, 0.3) is 0 Å². The Bertz CT molecular complexity index is 412. The van der Waals surface area contributed by atoms with Crippen LogP contribution in [0.2, 0.25) is 0 Å². The van der Waals surface area contributed by atoms with E-state index in [0.717, 1.165) is 7.11 Å². The fourth-order valence-corrected chi connectivity index (χ4v) is 1.61. The molecule has 3 nitrogen and oxygen atoms in total. The van der Waals surface area contributed by atoms with Crippen LogP contribution in [0.3, 0.4) is 0 Å². The molecule has 1 aromatic rings. The summed E-state index contributed by atoms with van der Waals surface area (Å²) in [7, 11) is 1.10. The van der Waals surface area contributed by atoms with Gasteiger partial charge < -0.3 is 4.74 Å². The van der Waals surface area contributed by atoms with Gasteiger partial charge in [0.1, 0.15) is 5.82 Å². The van der Waals surface area contributed by atoms with Crippen LogP contribution in [-0.2, 0) is 10.1 Å². The molecular weight excluding hydrogens is 291 g/mol. The molecule has 0 bridgehead atoms. The first-order valence-electron chi connectivity index (χ1n) is 4.12. The number of halogens is 4. The minimum atomic E-state index is -2.98. The summed E-state index contributed by atoms with van der Waals surface area (Å²) in [5.74, 6) is -2.00. The van der Waals surface area contributed by atoms with E-state index in [1.54, 1.807) is 0 Å². The van der Waals surface area contributed by atoms with E-state index in [1.807, 2.05) is 0 Å². The molecule has 0 N–H and O–H groups in total. The maximum Gasteiger partial charge on any atom is 0.357 e. The molecule has 0 amide bonds. The number of rotatable bonds is 3. The molecule has 0 saturated heterocycles. The van der Waals surface area contributed by atoms with E-state index in [2.05, 4.69) is 25.7 Å². The molecule has 0 aliphatic carbocycles. The van der Waals surface area contributed by atoms with Crippen molar-refractivity contribution in [2.75, 3.05) is 7.11 Å². The molecule has 0 unspecified atom stereocenters. The lowest BCUT2D eigenvalue weighted by Gasteiger charge is -2.09. The van der Waals surface area contributed by atoms with Crippen molar-refractivity contribution < 1.29 is 22.7 Å². The zero-order valence-corrected chi connectivity index (χ0v) is 9.72. The molecule has 0 aliphatic heterocycles. The average Bonchev–Trinajstić information content (AvgIpc) is 2.26. The Hall–Kier alpha value is -1.11. The van der Waals surface area contributed by atoms with Gasteiger partial charge in [-0.25, -0.2) is 22.9 Å². The van der Waals surface area contributed by atoms with Gasteiger partial charge in [-0.1, -0.05) is 15.9 Å². The number of alkyl halides is 3. The molecule has 1 aromatic heterocycles. The van der Waals surface area contributed by atoms with Gasteiger partial charge in [0.05, 0.1) is 12.7 Å². The number of ether oxygens (including phenoxy) is 1. The van der Waals surface area contributed by atoms with E-state index in [-0.39, 0.29) is 16.6 Å². The maximum atomic E-state index is 13.5. The Balaban J connectivity index is 3.35. The topological polar surface area (TPSA) is 39.2 Å². The van der Waals surface area contributed by atoms with Crippen LogP contribution < -0.4 is 0 Å². The summed E-state index contributed by atoms with van der Waals surface area (Å²) in [6.07, 6.45) is -2.34. The second kappa shape index (κ2) is 5.29. The van der Waals surface area contributed by atoms with Crippen molar-refractivity contribution in [1.29, 1.82) is 0 Å². The summed E-state index contributed by atoms with van der Waals surface area (Å²) in [6, 6.07) is 0. The zero-order valence-electron chi connectivity index (χ0n) is 8.14. The van der Waals surface area contributed by atoms with Crippen LogP contribution in [0.1, 0.15) is 28.0 Å². The number of methoxy groups -OCH3 is 1. The van der Waals surface area contributed by atoms with Gasteiger partial charge in [0.2, 0.25) is 0 Å². The van der Waals surface area contributed by atoms with E-state index < -0.39 is 23.8 Å². The van der Waals surface area contributed by atoms with Crippen molar-refractivity contribution in [3.8, 4) is 0 Å². The van der Waals surface area contributed by atoms with E-state index in [1.165, 1.54) is 0 Å². The Morgan fingerprint density at radius 2 is 2.25 bits per heavy atom. The van der Waals surface area contributed by atoms with Gasteiger partial charge in [-0.15, -0.1) is 0 Å². The first kappa shape index (κ1) is 13.0. The van der Waals surface area contributed by atoms with E-state index in [9.17, 15) is 18.0 Å². The third-order valence-corrected chi connectivity index (χ3v) is 2.45. The minimum absolute atomic E-state index is 0.100. The minimum Gasteiger partial charge on any atom is -0.464 e. The highest BCUT2D eigenvalue weighted by atomic mass is 79.9. The first-order chi connectivity index (χ1) is 7.52. The Kier molecular flexibility index (Phi) is 4.28. The molecule has 0 aromatic carbocycles. The van der Waals surface area contributed by atoms with Crippen molar-refractivity contribution in [2.45, 2.75) is 11.8 Å². The highest BCUT2D eigenvalue weighted by Gasteiger charge is 2.23. The third kappa shape index (κ3) is 2.34. The molecule has 0 atom stereocenters. The van der Waals surface area contributed by atoms with Gasteiger partial charge in [0, 0.05) is 17.1 Å². The number of carbonyl (C=O) groups is 1. The maximum absolute atomic E-state index is 13.5. The molecular formula is C9H7BrF3NO2. The quantitative estimate of drug-likeness (QED) is 0.636. The first-order valence-corrected chi connectivity index (χ1v) is 5.24. The molecule has 1 heterocycles. The van der Waals surface area contributed by atoms with Gasteiger partial charge in [0.25, 0.3) is 6.43 Å². The van der Waals surface area contributed by atoms with Gasteiger partial charge >= 0.3 is 5.97 Å². The van der Waals surface area contributed by atoms with Crippen molar-refractivity contribution in [3.63, 3.8) is 0 Å². The van der Waals surface area contributed by atoms with Gasteiger partial charge in [0.15, 0.2) is 5.69 Å².